The summed E-state index contributed by atoms with van der Waals surface area (Å²) in [6, 6.07) is 6.15. The van der Waals surface area contributed by atoms with Crippen molar-refractivity contribution >= 4 is 5.91 Å². The quantitative estimate of drug-likeness (QED) is 0.589. The van der Waals surface area contributed by atoms with Crippen molar-refractivity contribution in [3.05, 3.63) is 81.2 Å². The van der Waals surface area contributed by atoms with E-state index in [0.717, 1.165) is 18.2 Å². The fraction of sp³-hybridized carbons (Fsp3) is 0.316. The molecule has 1 aliphatic rings. The number of likely N-dealkylation sites (tertiary alicyclic amines) is 1. The Labute approximate surface area is 153 Å². The lowest BCUT2D eigenvalue weighted by atomic mass is 9.89. The number of hydrogen-bond acceptors (Lipinski definition) is 3. The predicted octanol–water partition coefficient (Wildman–Crippen LogP) is 3.66. The average Bonchev–Trinajstić information content (AvgIpc) is 2.63. The normalized spacial score (nSPS) is 20.0. The number of nitrogens with zero attached hydrogens (tertiary/aromatic N) is 2. The van der Waals surface area contributed by atoms with Crippen LogP contribution < -0.4 is 0 Å². The minimum absolute atomic E-state index is 0.0370. The summed E-state index contributed by atoms with van der Waals surface area (Å²) in [7, 11) is 0. The van der Waals surface area contributed by atoms with Crippen LogP contribution in [0.4, 0.5) is 13.2 Å². The van der Waals surface area contributed by atoms with Crippen molar-refractivity contribution in [2.24, 2.45) is 0 Å². The van der Waals surface area contributed by atoms with Gasteiger partial charge >= 0.3 is 0 Å². The zero-order valence-corrected chi connectivity index (χ0v) is 14.3. The van der Waals surface area contributed by atoms with Crippen LogP contribution in [0, 0.1) is 27.6 Å². The molecule has 3 rings (SSSR count). The molecule has 142 valence electrons. The molecule has 0 N–H and O–H groups in total. The molecule has 27 heavy (non-hydrogen) atoms. The second-order valence-electron chi connectivity index (χ2n) is 6.43. The van der Waals surface area contributed by atoms with Gasteiger partial charge in [0.2, 0.25) is 11.9 Å². The Morgan fingerprint density at radius 1 is 1.11 bits per heavy atom. The van der Waals surface area contributed by atoms with Gasteiger partial charge in [-0.3, -0.25) is 14.9 Å². The molecule has 1 aliphatic heterocycles. The first kappa shape index (κ1) is 18.9. The van der Waals surface area contributed by atoms with E-state index < -0.39 is 40.4 Å². The van der Waals surface area contributed by atoms with Crippen LogP contribution in [0.25, 0.3) is 0 Å². The Balaban J connectivity index is 1.96. The van der Waals surface area contributed by atoms with Crippen LogP contribution in [-0.4, -0.2) is 28.3 Å². The maximum Gasteiger partial charge on any atom is 0.237 e. The van der Waals surface area contributed by atoms with Gasteiger partial charge in [0.15, 0.2) is 0 Å². The van der Waals surface area contributed by atoms with E-state index in [2.05, 4.69) is 0 Å². The molecule has 0 spiro atoms. The average molecular weight is 378 g/mol. The highest BCUT2D eigenvalue weighted by molar-refractivity contribution is 5.78. The lowest BCUT2D eigenvalue weighted by Gasteiger charge is -2.37. The number of carbonyl (C=O) groups is 1. The van der Waals surface area contributed by atoms with Gasteiger partial charge in [-0.1, -0.05) is 18.2 Å². The van der Waals surface area contributed by atoms with E-state index in [4.69, 9.17) is 0 Å². The second-order valence-corrected chi connectivity index (χ2v) is 6.43. The molecule has 2 aromatic carbocycles. The molecule has 0 saturated carbocycles. The van der Waals surface area contributed by atoms with E-state index in [9.17, 15) is 28.1 Å². The molecule has 0 bridgehead atoms. The van der Waals surface area contributed by atoms with Crippen LogP contribution in [0.5, 0.6) is 0 Å². The van der Waals surface area contributed by atoms with Crippen molar-refractivity contribution in [2.45, 2.75) is 31.3 Å². The van der Waals surface area contributed by atoms with E-state index in [1.165, 1.54) is 17.0 Å². The highest BCUT2D eigenvalue weighted by Gasteiger charge is 2.44. The summed E-state index contributed by atoms with van der Waals surface area (Å²) in [4.78, 5) is 24.5. The van der Waals surface area contributed by atoms with Gasteiger partial charge in [-0.25, -0.2) is 13.2 Å². The third-order valence-corrected chi connectivity index (χ3v) is 4.80. The van der Waals surface area contributed by atoms with Crippen molar-refractivity contribution in [1.29, 1.82) is 0 Å². The van der Waals surface area contributed by atoms with E-state index in [-0.39, 0.29) is 31.4 Å². The topological polar surface area (TPSA) is 63.4 Å². The van der Waals surface area contributed by atoms with Gasteiger partial charge in [-0.15, -0.1) is 0 Å². The first-order valence-corrected chi connectivity index (χ1v) is 8.50. The molecule has 2 atom stereocenters. The Hall–Kier alpha value is -2.90. The summed E-state index contributed by atoms with van der Waals surface area (Å²) in [5, 5.41) is 11.5. The van der Waals surface area contributed by atoms with Crippen LogP contribution in [0.15, 0.2) is 42.5 Å². The summed E-state index contributed by atoms with van der Waals surface area (Å²) < 4.78 is 41.9. The summed E-state index contributed by atoms with van der Waals surface area (Å²) in [5.74, 6) is -2.43. The Morgan fingerprint density at radius 2 is 1.85 bits per heavy atom. The molecule has 2 unspecified atom stereocenters. The highest BCUT2D eigenvalue weighted by atomic mass is 19.1. The van der Waals surface area contributed by atoms with Crippen molar-refractivity contribution < 1.29 is 22.9 Å². The van der Waals surface area contributed by atoms with Crippen LogP contribution in [0.3, 0.4) is 0 Å². The number of piperidine rings is 1. The van der Waals surface area contributed by atoms with E-state index in [1.807, 2.05) is 0 Å². The van der Waals surface area contributed by atoms with Crippen LogP contribution >= 0.6 is 0 Å². The highest BCUT2D eigenvalue weighted by Crippen LogP contribution is 2.35. The fourth-order valence-electron chi connectivity index (χ4n) is 3.48. The summed E-state index contributed by atoms with van der Waals surface area (Å²) >= 11 is 0. The molecule has 0 aromatic heterocycles. The van der Waals surface area contributed by atoms with Gasteiger partial charge in [0.1, 0.15) is 23.5 Å². The monoisotopic (exact) mass is 378 g/mol. The zero-order chi connectivity index (χ0) is 19.6. The Kier molecular flexibility index (Phi) is 5.43. The summed E-state index contributed by atoms with van der Waals surface area (Å²) in [6.07, 6.45) is -0.0325. The van der Waals surface area contributed by atoms with Crippen LogP contribution in [-0.2, 0) is 11.2 Å². The smallest absolute Gasteiger partial charge is 0.237 e. The first-order valence-electron chi connectivity index (χ1n) is 8.50. The van der Waals surface area contributed by atoms with E-state index >= 15 is 0 Å². The van der Waals surface area contributed by atoms with Crippen molar-refractivity contribution in [2.75, 3.05) is 6.54 Å². The molecule has 1 amide bonds. The Morgan fingerprint density at radius 3 is 2.56 bits per heavy atom. The van der Waals surface area contributed by atoms with Gasteiger partial charge in [0.25, 0.3) is 0 Å². The number of halogens is 3. The van der Waals surface area contributed by atoms with Gasteiger partial charge in [-0.05, 0) is 36.2 Å². The molecule has 0 aliphatic carbocycles. The van der Waals surface area contributed by atoms with Crippen LogP contribution in [0.2, 0.25) is 0 Å². The molecule has 1 saturated heterocycles. The largest absolute Gasteiger partial charge is 0.328 e. The van der Waals surface area contributed by atoms with Gasteiger partial charge in [-0.2, -0.15) is 0 Å². The van der Waals surface area contributed by atoms with Gasteiger partial charge < -0.3 is 4.90 Å². The molecular weight excluding hydrogens is 361 g/mol. The maximum absolute atomic E-state index is 14.3. The minimum atomic E-state index is -1.26. The second kappa shape index (κ2) is 7.77. The third kappa shape index (κ3) is 3.94. The summed E-state index contributed by atoms with van der Waals surface area (Å²) in [5.41, 5.74) is 0.102. The number of benzene rings is 2. The number of rotatable bonds is 5. The molecule has 2 aromatic rings. The Bertz CT molecular complexity index is 875. The number of nitro groups is 1. The zero-order valence-electron chi connectivity index (χ0n) is 14.3. The van der Waals surface area contributed by atoms with E-state index in [1.54, 1.807) is 12.1 Å². The number of carbonyl (C=O) groups excluding carboxylic acids is 1. The van der Waals surface area contributed by atoms with Crippen molar-refractivity contribution in [3.63, 3.8) is 0 Å². The molecule has 0 radical (unpaired) electrons. The van der Waals surface area contributed by atoms with Gasteiger partial charge in [0.05, 0.1) is 0 Å². The lowest BCUT2D eigenvalue weighted by Crippen LogP contribution is -2.49. The van der Waals surface area contributed by atoms with E-state index in [0.29, 0.717) is 5.56 Å². The molecule has 1 heterocycles. The first-order chi connectivity index (χ1) is 12.9. The molecule has 8 heteroatoms. The molecule has 1 fully saturated rings. The van der Waals surface area contributed by atoms with Gasteiger partial charge in [0, 0.05) is 29.9 Å². The van der Waals surface area contributed by atoms with Crippen LogP contribution in [0.1, 0.15) is 30.0 Å². The summed E-state index contributed by atoms with van der Waals surface area (Å²) in [6.45, 7) is -0.0370. The van der Waals surface area contributed by atoms with Crippen molar-refractivity contribution in [3.8, 4) is 0 Å². The minimum Gasteiger partial charge on any atom is -0.328 e. The maximum atomic E-state index is 14.3. The van der Waals surface area contributed by atoms with Crippen molar-refractivity contribution in [1.82, 2.24) is 4.90 Å². The fourth-order valence-corrected chi connectivity index (χ4v) is 3.48. The molecular formula is C19H17F3N2O3. The number of amides is 1. The lowest BCUT2D eigenvalue weighted by molar-refractivity contribution is -0.533. The SMILES string of the molecule is O=C1CCC([N+](=O)[O-])C(c2cc(F)ccc2F)N1CCc1ccccc1F. The third-order valence-electron chi connectivity index (χ3n) is 4.80. The molecule has 5 nitrogen and oxygen atoms in total. The standard InChI is InChI=1S/C19H17F3N2O3/c20-13-5-6-16(22)14(11-13)19-17(24(26)27)7-8-18(25)23(19)10-9-12-3-1-2-4-15(12)21/h1-6,11,17,19H,7-10H2. The number of hydrogen-bond donors (Lipinski definition) is 0. The predicted molar refractivity (Wildman–Crippen MR) is 90.9 cm³/mol.